The summed E-state index contributed by atoms with van der Waals surface area (Å²) in [6.45, 7) is 2.70. The number of alkyl halides is 3. The number of carbonyl (C=O) groups excluding carboxylic acids is 1. The molecule has 0 aromatic heterocycles. The highest BCUT2D eigenvalue weighted by Gasteiger charge is 2.65. The number of hydrogen-bond acceptors (Lipinski definition) is 3. The summed E-state index contributed by atoms with van der Waals surface area (Å²) in [5, 5.41) is 9.90. The van der Waals surface area contributed by atoms with Gasteiger partial charge in [-0.1, -0.05) is 11.6 Å². The van der Waals surface area contributed by atoms with Crippen LogP contribution in [0.2, 0.25) is 0 Å². The SMILES string of the molecule is CCOC(=O)[C@@](O)([C@@H]1CCCC=C1C)C(F)(F)F. The molecule has 18 heavy (non-hydrogen) atoms. The van der Waals surface area contributed by atoms with Crippen molar-refractivity contribution in [1.29, 1.82) is 0 Å². The maximum Gasteiger partial charge on any atom is 0.428 e. The highest BCUT2D eigenvalue weighted by atomic mass is 19.4. The van der Waals surface area contributed by atoms with E-state index in [1.165, 1.54) is 13.8 Å². The van der Waals surface area contributed by atoms with Gasteiger partial charge in [-0.25, -0.2) is 4.79 Å². The normalized spacial score (nSPS) is 24.1. The van der Waals surface area contributed by atoms with E-state index in [1.807, 2.05) is 0 Å². The number of rotatable bonds is 3. The van der Waals surface area contributed by atoms with Gasteiger partial charge in [0.15, 0.2) is 0 Å². The molecule has 0 saturated heterocycles. The molecule has 0 heterocycles. The first-order valence-electron chi connectivity index (χ1n) is 5.88. The van der Waals surface area contributed by atoms with Crippen molar-refractivity contribution in [2.45, 2.75) is 44.9 Å². The Morgan fingerprint density at radius 1 is 1.56 bits per heavy atom. The van der Waals surface area contributed by atoms with Crippen molar-refractivity contribution in [3.05, 3.63) is 11.6 Å². The lowest BCUT2D eigenvalue weighted by Gasteiger charge is -2.37. The van der Waals surface area contributed by atoms with E-state index in [9.17, 15) is 23.1 Å². The summed E-state index contributed by atoms with van der Waals surface area (Å²) in [5.74, 6) is -2.87. The van der Waals surface area contributed by atoms with Gasteiger partial charge in [-0.3, -0.25) is 0 Å². The lowest BCUT2D eigenvalue weighted by molar-refractivity contribution is -0.275. The lowest BCUT2D eigenvalue weighted by Crippen LogP contribution is -2.58. The molecule has 0 unspecified atom stereocenters. The zero-order chi connectivity index (χ0) is 14.0. The molecule has 0 aliphatic heterocycles. The van der Waals surface area contributed by atoms with E-state index < -0.39 is 23.7 Å². The van der Waals surface area contributed by atoms with Gasteiger partial charge < -0.3 is 9.84 Å². The van der Waals surface area contributed by atoms with Crippen LogP contribution in [0, 0.1) is 5.92 Å². The zero-order valence-electron chi connectivity index (χ0n) is 10.4. The molecule has 1 aliphatic rings. The molecule has 0 aromatic carbocycles. The average molecular weight is 266 g/mol. The molecule has 0 radical (unpaired) electrons. The predicted octanol–water partition coefficient (Wildman–Crippen LogP) is 2.59. The third-order valence-corrected chi connectivity index (χ3v) is 3.24. The van der Waals surface area contributed by atoms with Crippen molar-refractivity contribution >= 4 is 5.97 Å². The van der Waals surface area contributed by atoms with Crippen molar-refractivity contribution in [3.8, 4) is 0 Å². The molecule has 0 bridgehead atoms. The molecular weight excluding hydrogens is 249 g/mol. The summed E-state index contributed by atoms with van der Waals surface area (Å²) in [5.41, 5.74) is -3.06. The second-order valence-electron chi connectivity index (χ2n) is 4.42. The molecule has 0 spiro atoms. The van der Waals surface area contributed by atoms with E-state index in [-0.39, 0.29) is 13.0 Å². The van der Waals surface area contributed by atoms with E-state index in [4.69, 9.17) is 0 Å². The van der Waals surface area contributed by atoms with Gasteiger partial charge in [0.25, 0.3) is 5.60 Å². The molecule has 0 fully saturated rings. The summed E-state index contributed by atoms with van der Waals surface area (Å²) in [4.78, 5) is 11.5. The molecule has 2 atom stereocenters. The van der Waals surface area contributed by atoms with Crippen molar-refractivity contribution in [2.24, 2.45) is 5.92 Å². The molecule has 6 heteroatoms. The maximum absolute atomic E-state index is 13.1. The Morgan fingerprint density at radius 2 is 2.17 bits per heavy atom. The van der Waals surface area contributed by atoms with Crippen LogP contribution in [0.3, 0.4) is 0 Å². The first-order chi connectivity index (χ1) is 8.25. The molecule has 0 saturated carbocycles. The minimum atomic E-state index is -5.05. The number of halogens is 3. The van der Waals surface area contributed by atoms with Crippen LogP contribution in [0.5, 0.6) is 0 Å². The van der Waals surface area contributed by atoms with E-state index in [0.717, 1.165) is 0 Å². The fourth-order valence-corrected chi connectivity index (χ4v) is 2.26. The third-order valence-electron chi connectivity index (χ3n) is 3.24. The minimum Gasteiger partial charge on any atom is -0.464 e. The van der Waals surface area contributed by atoms with Gasteiger partial charge in [0.1, 0.15) is 0 Å². The number of hydrogen-bond donors (Lipinski definition) is 1. The van der Waals surface area contributed by atoms with Gasteiger partial charge in [-0.15, -0.1) is 0 Å². The number of allylic oxidation sites excluding steroid dienone is 1. The Labute approximate surface area is 104 Å². The van der Waals surface area contributed by atoms with Crippen molar-refractivity contribution in [1.82, 2.24) is 0 Å². The Balaban J connectivity index is 3.16. The second kappa shape index (κ2) is 5.30. The fourth-order valence-electron chi connectivity index (χ4n) is 2.26. The molecular formula is C12H17F3O3. The van der Waals surface area contributed by atoms with Crippen LogP contribution in [-0.4, -0.2) is 29.5 Å². The first-order valence-corrected chi connectivity index (χ1v) is 5.88. The topological polar surface area (TPSA) is 46.5 Å². The van der Waals surface area contributed by atoms with Crippen LogP contribution >= 0.6 is 0 Å². The highest BCUT2D eigenvalue weighted by molar-refractivity contribution is 5.81. The van der Waals surface area contributed by atoms with E-state index in [0.29, 0.717) is 18.4 Å². The second-order valence-corrected chi connectivity index (χ2v) is 4.42. The zero-order valence-corrected chi connectivity index (χ0v) is 10.4. The number of carbonyl (C=O) groups is 1. The molecule has 3 nitrogen and oxygen atoms in total. The summed E-state index contributed by atoms with van der Waals surface area (Å²) in [7, 11) is 0. The Hall–Kier alpha value is -1.04. The van der Waals surface area contributed by atoms with Gasteiger partial charge >= 0.3 is 12.1 Å². The number of aliphatic hydroxyl groups is 1. The van der Waals surface area contributed by atoms with E-state index in [2.05, 4.69) is 4.74 Å². The van der Waals surface area contributed by atoms with E-state index in [1.54, 1.807) is 6.08 Å². The highest BCUT2D eigenvalue weighted by Crippen LogP contribution is 2.44. The Bertz CT molecular complexity index is 349. The monoisotopic (exact) mass is 266 g/mol. The van der Waals surface area contributed by atoms with Crippen LogP contribution in [0.25, 0.3) is 0 Å². The summed E-state index contributed by atoms with van der Waals surface area (Å²) in [6.07, 6.45) is -2.11. The molecule has 1 aliphatic carbocycles. The minimum absolute atomic E-state index is 0.122. The molecule has 104 valence electrons. The van der Waals surface area contributed by atoms with Crippen LogP contribution in [-0.2, 0) is 9.53 Å². The molecule has 0 amide bonds. The van der Waals surface area contributed by atoms with Crippen molar-refractivity contribution in [3.63, 3.8) is 0 Å². The van der Waals surface area contributed by atoms with Crippen molar-refractivity contribution < 1.29 is 27.8 Å². The Morgan fingerprint density at radius 3 is 2.61 bits per heavy atom. The molecule has 0 aromatic rings. The first kappa shape index (κ1) is 15.0. The smallest absolute Gasteiger partial charge is 0.428 e. The predicted molar refractivity (Wildman–Crippen MR) is 58.7 cm³/mol. The lowest BCUT2D eigenvalue weighted by atomic mass is 9.75. The van der Waals surface area contributed by atoms with Gasteiger partial charge in [0.05, 0.1) is 6.61 Å². The standard InChI is InChI=1S/C12H17F3O3/c1-3-18-10(16)11(17,12(13,14)15)9-7-5-4-6-8(9)2/h6,9,17H,3-5,7H2,1-2H3/t9-,11+/m1/s1. The van der Waals surface area contributed by atoms with Gasteiger partial charge in [-0.05, 0) is 33.1 Å². The van der Waals surface area contributed by atoms with Crippen LogP contribution < -0.4 is 0 Å². The fraction of sp³-hybridized carbons (Fsp3) is 0.750. The van der Waals surface area contributed by atoms with Crippen LogP contribution in [0.15, 0.2) is 11.6 Å². The molecule has 1 N–H and O–H groups in total. The maximum atomic E-state index is 13.1. The van der Waals surface area contributed by atoms with Crippen molar-refractivity contribution in [2.75, 3.05) is 6.61 Å². The van der Waals surface area contributed by atoms with Gasteiger partial charge in [-0.2, -0.15) is 13.2 Å². The van der Waals surface area contributed by atoms with Crippen LogP contribution in [0.1, 0.15) is 33.1 Å². The summed E-state index contributed by atoms with van der Waals surface area (Å²) >= 11 is 0. The third kappa shape index (κ3) is 2.53. The van der Waals surface area contributed by atoms with E-state index >= 15 is 0 Å². The quantitative estimate of drug-likeness (QED) is 0.631. The molecule has 1 rings (SSSR count). The van der Waals surface area contributed by atoms with Crippen LogP contribution in [0.4, 0.5) is 13.2 Å². The number of ether oxygens (including phenoxy) is 1. The summed E-state index contributed by atoms with van der Waals surface area (Å²) < 4.78 is 43.6. The van der Waals surface area contributed by atoms with Gasteiger partial charge in [0, 0.05) is 5.92 Å². The Kier molecular flexibility index (Phi) is 4.42. The van der Waals surface area contributed by atoms with Gasteiger partial charge in [0.2, 0.25) is 0 Å². The number of esters is 1. The summed E-state index contributed by atoms with van der Waals surface area (Å²) in [6, 6.07) is 0. The largest absolute Gasteiger partial charge is 0.464 e. The average Bonchev–Trinajstić information content (AvgIpc) is 2.27.